The van der Waals surface area contributed by atoms with E-state index in [1.165, 1.54) is 83.5 Å². The largest absolute Gasteiger partial charge is 0.465 e. The van der Waals surface area contributed by atoms with Crippen molar-refractivity contribution in [2.75, 3.05) is 33.8 Å². The molecule has 0 spiro atoms. The molecule has 0 aromatic rings. The Bertz CT molecular complexity index is 400. The Hall–Kier alpha value is -1.10. The van der Waals surface area contributed by atoms with E-state index < -0.39 is 0 Å². The first-order valence-electron chi connectivity index (χ1n) is 12.6. The summed E-state index contributed by atoms with van der Waals surface area (Å²) in [6.45, 7) is 3.51. The molecule has 0 aliphatic heterocycles. The molecule has 5 heteroatoms. The zero-order chi connectivity index (χ0) is 22.3. The maximum atomic E-state index is 11.8. The first-order valence-corrected chi connectivity index (χ1v) is 12.6. The van der Waals surface area contributed by atoms with Crippen molar-refractivity contribution in [2.24, 2.45) is 0 Å². The molecular formula is C25H50N2O3. The number of unbranched alkanes of at least 4 members (excludes halogenated alkanes) is 14. The third kappa shape index (κ3) is 23.2. The van der Waals surface area contributed by atoms with E-state index in [0.29, 0.717) is 32.5 Å². The van der Waals surface area contributed by atoms with Crippen molar-refractivity contribution in [1.82, 2.24) is 10.2 Å². The van der Waals surface area contributed by atoms with E-state index in [0.717, 1.165) is 12.8 Å². The molecule has 0 saturated heterocycles. The maximum absolute atomic E-state index is 11.8. The minimum atomic E-state index is -0.218. The number of nitrogens with zero attached hydrogens (tertiary/aromatic N) is 1. The molecule has 1 N–H and O–H groups in total. The van der Waals surface area contributed by atoms with Crippen LogP contribution in [0.25, 0.3) is 0 Å². The molecule has 0 unspecified atom stereocenters. The Kier molecular flexibility index (Phi) is 21.8. The summed E-state index contributed by atoms with van der Waals surface area (Å²) in [7, 11) is 3.67. The van der Waals surface area contributed by atoms with Crippen LogP contribution in [-0.4, -0.2) is 50.6 Å². The van der Waals surface area contributed by atoms with E-state index in [1.807, 2.05) is 14.1 Å². The lowest BCUT2D eigenvalue weighted by Gasteiger charge is -2.09. The number of nitrogens with one attached hydrogen (secondary N) is 1. The summed E-state index contributed by atoms with van der Waals surface area (Å²) < 4.78 is 5.09. The molecule has 0 aromatic carbocycles. The van der Waals surface area contributed by atoms with Gasteiger partial charge >= 0.3 is 5.97 Å². The summed E-state index contributed by atoms with van der Waals surface area (Å²) in [6.07, 6.45) is 21.3. The molecule has 0 bridgehead atoms. The van der Waals surface area contributed by atoms with Crippen LogP contribution in [0.2, 0.25) is 0 Å². The van der Waals surface area contributed by atoms with E-state index in [2.05, 4.69) is 12.2 Å². The molecule has 0 aliphatic rings. The van der Waals surface area contributed by atoms with Gasteiger partial charge in [0.15, 0.2) is 0 Å². The predicted molar refractivity (Wildman–Crippen MR) is 127 cm³/mol. The SMILES string of the molecule is CCCCCCCCCCCCCCCCCC(=O)NCCCOC(=O)CN(C)C. The molecule has 30 heavy (non-hydrogen) atoms. The van der Waals surface area contributed by atoms with Crippen LogP contribution >= 0.6 is 0 Å². The quantitative estimate of drug-likeness (QED) is 0.174. The lowest BCUT2D eigenvalue weighted by molar-refractivity contribution is -0.144. The highest BCUT2D eigenvalue weighted by atomic mass is 16.5. The van der Waals surface area contributed by atoms with Crippen molar-refractivity contribution in [3.63, 3.8) is 0 Å². The maximum Gasteiger partial charge on any atom is 0.320 e. The Morgan fingerprint density at radius 2 is 1.17 bits per heavy atom. The predicted octanol–water partition coefficient (Wildman–Crippen LogP) is 5.86. The minimum absolute atomic E-state index is 0.115. The number of rotatable bonds is 22. The lowest BCUT2D eigenvalue weighted by Crippen LogP contribution is -2.27. The van der Waals surface area contributed by atoms with Crippen molar-refractivity contribution < 1.29 is 14.3 Å². The van der Waals surface area contributed by atoms with Gasteiger partial charge in [0, 0.05) is 13.0 Å². The first-order chi connectivity index (χ1) is 14.6. The average Bonchev–Trinajstić information content (AvgIpc) is 2.70. The summed E-state index contributed by atoms with van der Waals surface area (Å²) in [5.74, 6) is -0.103. The Balaban J connectivity index is 3.22. The van der Waals surface area contributed by atoms with Gasteiger partial charge in [-0.1, -0.05) is 96.8 Å². The molecule has 0 aromatic heterocycles. The molecule has 0 atom stereocenters. The van der Waals surface area contributed by atoms with Crippen LogP contribution in [-0.2, 0) is 14.3 Å². The van der Waals surface area contributed by atoms with Crippen molar-refractivity contribution in [3.05, 3.63) is 0 Å². The van der Waals surface area contributed by atoms with E-state index in [-0.39, 0.29) is 11.9 Å². The van der Waals surface area contributed by atoms with Gasteiger partial charge in [-0.2, -0.15) is 0 Å². The van der Waals surface area contributed by atoms with Gasteiger partial charge in [0.05, 0.1) is 13.2 Å². The zero-order valence-electron chi connectivity index (χ0n) is 20.3. The Labute approximate surface area is 186 Å². The monoisotopic (exact) mass is 426 g/mol. The van der Waals surface area contributed by atoms with Crippen LogP contribution in [0.3, 0.4) is 0 Å². The van der Waals surface area contributed by atoms with Gasteiger partial charge in [-0.3, -0.25) is 14.5 Å². The van der Waals surface area contributed by atoms with Crippen LogP contribution in [0.1, 0.15) is 116 Å². The van der Waals surface area contributed by atoms with Gasteiger partial charge in [0.25, 0.3) is 0 Å². The molecule has 0 saturated carbocycles. The number of carbonyl (C=O) groups excluding carboxylic acids is 2. The summed E-state index contributed by atoms with van der Waals surface area (Å²) >= 11 is 0. The van der Waals surface area contributed by atoms with Gasteiger partial charge in [-0.25, -0.2) is 0 Å². The highest BCUT2D eigenvalue weighted by Gasteiger charge is 2.04. The average molecular weight is 427 g/mol. The van der Waals surface area contributed by atoms with E-state index >= 15 is 0 Å². The standard InChI is InChI=1S/C25H50N2O3/c1-4-5-6-7-8-9-10-11-12-13-14-15-16-17-18-20-24(28)26-21-19-22-30-25(29)23-27(2)3/h4-23H2,1-3H3,(H,26,28). The smallest absolute Gasteiger partial charge is 0.320 e. The summed E-state index contributed by atoms with van der Waals surface area (Å²) in [5.41, 5.74) is 0. The number of esters is 1. The molecule has 0 fully saturated rings. The third-order valence-electron chi connectivity index (χ3n) is 5.36. The summed E-state index contributed by atoms with van der Waals surface area (Å²) in [4.78, 5) is 24.9. The number of hydrogen-bond donors (Lipinski definition) is 1. The number of amides is 1. The van der Waals surface area contributed by atoms with Crippen molar-refractivity contribution in [2.45, 2.75) is 116 Å². The number of likely N-dealkylation sites (N-methyl/N-ethyl adjacent to an activating group) is 1. The molecule has 5 nitrogen and oxygen atoms in total. The number of carbonyl (C=O) groups is 2. The molecule has 0 heterocycles. The molecule has 178 valence electrons. The van der Waals surface area contributed by atoms with Crippen LogP contribution in [0.5, 0.6) is 0 Å². The topological polar surface area (TPSA) is 58.6 Å². The zero-order valence-corrected chi connectivity index (χ0v) is 20.3. The summed E-state index contributed by atoms with van der Waals surface area (Å²) in [5, 5.41) is 2.91. The molecule has 1 amide bonds. The fourth-order valence-electron chi connectivity index (χ4n) is 3.54. The fourth-order valence-corrected chi connectivity index (χ4v) is 3.54. The van der Waals surface area contributed by atoms with E-state index in [4.69, 9.17) is 4.74 Å². The Morgan fingerprint density at radius 1 is 0.700 bits per heavy atom. The van der Waals surface area contributed by atoms with Crippen LogP contribution in [0, 0.1) is 0 Å². The van der Waals surface area contributed by atoms with Gasteiger partial charge in [0.2, 0.25) is 5.91 Å². The fraction of sp³-hybridized carbons (Fsp3) is 0.920. The molecule has 0 aliphatic carbocycles. The third-order valence-corrected chi connectivity index (χ3v) is 5.36. The van der Waals surface area contributed by atoms with Crippen LogP contribution < -0.4 is 5.32 Å². The highest BCUT2D eigenvalue weighted by molar-refractivity contribution is 5.75. The Morgan fingerprint density at radius 3 is 1.63 bits per heavy atom. The van der Waals surface area contributed by atoms with Gasteiger partial charge in [0.1, 0.15) is 0 Å². The summed E-state index contributed by atoms with van der Waals surface area (Å²) in [6, 6.07) is 0. The normalized spacial score (nSPS) is 11.1. The highest BCUT2D eigenvalue weighted by Crippen LogP contribution is 2.13. The van der Waals surface area contributed by atoms with E-state index in [9.17, 15) is 9.59 Å². The second-order valence-corrected chi connectivity index (χ2v) is 8.86. The van der Waals surface area contributed by atoms with Crippen molar-refractivity contribution in [3.8, 4) is 0 Å². The molecular weight excluding hydrogens is 376 g/mol. The van der Waals surface area contributed by atoms with Crippen molar-refractivity contribution in [1.29, 1.82) is 0 Å². The minimum Gasteiger partial charge on any atom is -0.465 e. The van der Waals surface area contributed by atoms with Gasteiger partial charge < -0.3 is 10.1 Å². The van der Waals surface area contributed by atoms with Crippen molar-refractivity contribution >= 4 is 11.9 Å². The lowest BCUT2D eigenvalue weighted by atomic mass is 10.0. The van der Waals surface area contributed by atoms with Crippen LogP contribution in [0.15, 0.2) is 0 Å². The van der Waals surface area contributed by atoms with E-state index in [1.54, 1.807) is 4.90 Å². The van der Waals surface area contributed by atoms with Crippen LogP contribution in [0.4, 0.5) is 0 Å². The number of hydrogen-bond acceptors (Lipinski definition) is 4. The number of ether oxygens (including phenoxy) is 1. The van der Waals surface area contributed by atoms with Gasteiger partial charge in [-0.15, -0.1) is 0 Å². The molecule has 0 radical (unpaired) electrons. The molecule has 0 rings (SSSR count). The second-order valence-electron chi connectivity index (χ2n) is 8.86. The van der Waals surface area contributed by atoms with Gasteiger partial charge in [-0.05, 0) is 26.9 Å². The first kappa shape index (κ1) is 28.9. The second kappa shape index (κ2) is 22.6.